The molecular weight excluding hydrogens is 666 g/mol. The van der Waals surface area contributed by atoms with Crippen LogP contribution in [0.4, 0.5) is 39.1 Å². The van der Waals surface area contributed by atoms with Gasteiger partial charge in [-0.15, -0.1) is 0 Å². The van der Waals surface area contributed by atoms with Crippen LogP contribution in [-0.2, 0) is 11.3 Å². The first-order valence-electron chi connectivity index (χ1n) is 13.8. The van der Waals surface area contributed by atoms with Gasteiger partial charge in [-0.1, -0.05) is 50.0 Å². The van der Waals surface area contributed by atoms with Crippen molar-refractivity contribution in [2.75, 3.05) is 23.0 Å². The highest BCUT2D eigenvalue weighted by Crippen LogP contribution is 2.38. The smallest absolute Gasteiger partial charge is 0.391 e. The molecule has 6 N–H and O–H groups in total. The molecule has 0 atom stereocenters. The summed E-state index contributed by atoms with van der Waals surface area (Å²) in [4.78, 5) is 29.4. The number of halogens is 7. The maximum absolute atomic E-state index is 13.2. The zero-order valence-corrected chi connectivity index (χ0v) is 26.8. The third-order valence-corrected chi connectivity index (χ3v) is 7.86. The van der Waals surface area contributed by atoms with Gasteiger partial charge in [-0.2, -0.15) is 18.2 Å². The highest BCUT2D eigenvalue weighted by Gasteiger charge is 2.41. The van der Waals surface area contributed by atoms with Gasteiger partial charge < -0.3 is 31.7 Å². The molecule has 0 radical (unpaired) electrons. The van der Waals surface area contributed by atoms with Crippen LogP contribution in [0.2, 0.25) is 10.0 Å². The second-order valence-electron chi connectivity index (χ2n) is 11.4. The molecule has 1 aromatic heterocycles. The molecule has 0 bridgehead atoms. The minimum absolute atomic E-state index is 0.0105. The fourth-order valence-corrected chi connectivity index (χ4v) is 5.15. The third-order valence-electron chi connectivity index (χ3n) is 6.91. The Morgan fingerprint density at radius 1 is 1.11 bits per heavy atom. The van der Waals surface area contributed by atoms with E-state index in [0.29, 0.717) is 5.56 Å². The van der Waals surface area contributed by atoms with E-state index in [4.69, 9.17) is 45.9 Å². The van der Waals surface area contributed by atoms with E-state index in [1.807, 2.05) is 0 Å². The van der Waals surface area contributed by atoms with Crippen molar-refractivity contribution in [1.82, 2.24) is 15.6 Å². The number of ether oxygens (including phenoxy) is 1. The van der Waals surface area contributed by atoms with Crippen LogP contribution >= 0.6 is 35.4 Å². The predicted molar refractivity (Wildman–Crippen MR) is 167 cm³/mol. The van der Waals surface area contributed by atoms with Gasteiger partial charge in [-0.05, 0) is 55.6 Å². The molecule has 1 fully saturated rings. The fourth-order valence-electron chi connectivity index (χ4n) is 4.41. The third kappa shape index (κ3) is 10.2. The van der Waals surface area contributed by atoms with Crippen LogP contribution in [0.5, 0.6) is 5.88 Å². The number of alkyl halides is 5. The summed E-state index contributed by atoms with van der Waals surface area (Å²) in [5, 5.41) is 11.3. The van der Waals surface area contributed by atoms with E-state index in [1.54, 1.807) is 32.9 Å². The molecule has 0 spiro atoms. The summed E-state index contributed by atoms with van der Waals surface area (Å²) in [5.74, 6) is -3.21. The first kappa shape index (κ1) is 36.3. The lowest BCUT2D eigenvalue weighted by atomic mass is 9.85. The number of aromatic nitrogens is 1. The van der Waals surface area contributed by atoms with Crippen LogP contribution in [0.3, 0.4) is 0 Å². The molecule has 2 amide bonds. The van der Waals surface area contributed by atoms with Crippen LogP contribution in [-0.4, -0.2) is 47.2 Å². The van der Waals surface area contributed by atoms with Crippen molar-refractivity contribution in [2.45, 2.75) is 71.6 Å². The number of rotatable bonds is 9. The molecule has 9 nitrogen and oxygen atoms in total. The first-order chi connectivity index (χ1) is 20.9. The number of nitrogen functional groups attached to an aromatic ring is 1. The lowest BCUT2D eigenvalue weighted by molar-refractivity contribution is -0.182. The number of thiocarbonyl (C=S) groups is 1. The maximum Gasteiger partial charge on any atom is 0.391 e. The zero-order valence-electron chi connectivity index (χ0n) is 24.5. The summed E-state index contributed by atoms with van der Waals surface area (Å²) < 4.78 is 70.0. The molecular formula is C28H33Cl2F5N6O3S. The molecule has 1 aliphatic carbocycles. The minimum Gasteiger partial charge on any atom is -0.471 e. The van der Waals surface area contributed by atoms with Gasteiger partial charge in [0.25, 0.3) is 12.3 Å². The van der Waals surface area contributed by atoms with Crippen LogP contribution < -0.4 is 31.7 Å². The van der Waals surface area contributed by atoms with E-state index < -0.39 is 48.4 Å². The summed E-state index contributed by atoms with van der Waals surface area (Å²) in [6, 6.07) is 3.78. The van der Waals surface area contributed by atoms with Gasteiger partial charge in [0.1, 0.15) is 5.56 Å². The topological polar surface area (TPSA) is 130 Å². The number of benzene rings is 1. The fraction of sp³-hybridized carbons (Fsp3) is 0.500. The van der Waals surface area contributed by atoms with Crippen molar-refractivity contribution in [3.8, 4) is 5.88 Å². The highest BCUT2D eigenvalue weighted by molar-refractivity contribution is 7.80. The normalized spacial score (nSPS) is 17.0. The standard InChI is InChI=1S/C28H33Cl2F5N6O3S/c1-27(2,3)25(43)37-11-13-4-9-17(29)21(20(13)30)40-26(45)39-18-10-16(24(41-22(18)36)44-12-19(31)32)23(42)38-15-7-5-14(6-8-15)28(33,34)35/h4,9-10,14-15,19H,5-8,11-12H2,1-3H3,(H2,36,41)(H,37,43)(H,38,42)(H2,39,40,45). The van der Waals surface area contributed by atoms with Gasteiger partial charge in [0, 0.05) is 18.0 Å². The summed E-state index contributed by atoms with van der Waals surface area (Å²) in [6.45, 7) is 4.31. The van der Waals surface area contributed by atoms with Crippen molar-refractivity contribution in [2.24, 2.45) is 11.3 Å². The Kier molecular flexibility index (Phi) is 12.1. The van der Waals surface area contributed by atoms with E-state index in [0.717, 1.165) is 0 Å². The Bertz CT molecular complexity index is 1420. The number of nitrogens with zero attached hydrogens (tertiary/aromatic N) is 1. The molecule has 1 aromatic carbocycles. The number of anilines is 3. The van der Waals surface area contributed by atoms with Crippen molar-refractivity contribution in [3.05, 3.63) is 39.4 Å². The zero-order chi connectivity index (χ0) is 33.7. The SMILES string of the molecule is CC(C)(C)C(=O)NCc1ccc(Cl)c(NC(=S)Nc2cc(C(=O)NC3CCC(C(F)(F)F)CC3)c(OCC(F)F)nc2N)c1Cl. The molecule has 3 rings (SSSR count). The average Bonchev–Trinajstić information content (AvgIpc) is 2.93. The number of hydrogen-bond acceptors (Lipinski definition) is 6. The highest BCUT2D eigenvalue weighted by atomic mass is 35.5. The van der Waals surface area contributed by atoms with Crippen LogP contribution in [0.1, 0.15) is 62.4 Å². The average molecular weight is 700 g/mol. The number of nitrogens with one attached hydrogen (secondary N) is 4. The molecule has 1 saturated carbocycles. The molecule has 1 aliphatic rings. The number of hydrogen-bond donors (Lipinski definition) is 5. The van der Waals surface area contributed by atoms with Gasteiger partial charge in [-0.3, -0.25) is 9.59 Å². The Morgan fingerprint density at radius 3 is 2.33 bits per heavy atom. The van der Waals surface area contributed by atoms with Crippen LogP contribution in [0.25, 0.3) is 0 Å². The van der Waals surface area contributed by atoms with Gasteiger partial charge in [0.2, 0.25) is 11.8 Å². The van der Waals surface area contributed by atoms with E-state index >= 15 is 0 Å². The second kappa shape index (κ2) is 14.9. The molecule has 1 heterocycles. The van der Waals surface area contributed by atoms with Crippen molar-refractivity contribution < 1.29 is 36.3 Å². The molecule has 2 aromatic rings. The quantitative estimate of drug-likeness (QED) is 0.141. The second-order valence-corrected chi connectivity index (χ2v) is 12.6. The Labute approximate surface area is 272 Å². The monoisotopic (exact) mass is 698 g/mol. The minimum atomic E-state index is -4.32. The summed E-state index contributed by atoms with van der Waals surface area (Å²) in [7, 11) is 0. The summed E-state index contributed by atoms with van der Waals surface area (Å²) >= 11 is 18.3. The lowest BCUT2D eigenvalue weighted by Crippen LogP contribution is -2.40. The van der Waals surface area contributed by atoms with Crippen LogP contribution in [0.15, 0.2) is 18.2 Å². The lowest BCUT2D eigenvalue weighted by Gasteiger charge is -2.30. The number of carbonyl (C=O) groups is 2. The predicted octanol–water partition coefficient (Wildman–Crippen LogP) is 6.94. The molecule has 17 heteroatoms. The van der Waals surface area contributed by atoms with Crippen molar-refractivity contribution >= 4 is 69.5 Å². The first-order valence-corrected chi connectivity index (χ1v) is 15.0. The van der Waals surface area contributed by atoms with E-state index in [2.05, 4.69) is 26.3 Å². The number of amides is 2. The molecule has 0 aliphatic heterocycles. The van der Waals surface area contributed by atoms with Gasteiger partial charge in [0.05, 0.1) is 27.3 Å². The van der Waals surface area contributed by atoms with E-state index in [-0.39, 0.29) is 76.0 Å². The van der Waals surface area contributed by atoms with E-state index in [1.165, 1.54) is 6.07 Å². The largest absolute Gasteiger partial charge is 0.471 e. The van der Waals surface area contributed by atoms with Crippen molar-refractivity contribution in [1.29, 1.82) is 0 Å². The Morgan fingerprint density at radius 2 is 1.76 bits per heavy atom. The van der Waals surface area contributed by atoms with Gasteiger partial charge >= 0.3 is 6.18 Å². The van der Waals surface area contributed by atoms with E-state index in [9.17, 15) is 31.5 Å². The maximum atomic E-state index is 13.2. The van der Waals surface area contributed by atoms with Crippen LogP contribution in [0, 0.1) is 11.3 Å². The molecule has 0 unspecified atom stereocenters. The number of nitrogens with two attached hydrogens (primary N) is 1. The number of pyridine rings is 1. The Hall–Kier alpha value is -3.17. The molecule has 0 saturated heterocycles. The summed E-state index contributed by atoms with van der Waals surface area (Å²) in [6.07, 6.45) is -7.38. The summed E-state index contributed by atoms with van der Waals surface area (Å²) in [5.41, 5.74) is 5.82. The van der Waals surface area contributed by atoms with Gasteiger partial charge in [0.15, 0.2) is 17.5 Å². The number of carbonyl (C=O) groups excluding carboxylic acids is 2. The van der Waals surface area contributed by atoms with Crippen molar-refractivity contribution in [3.63, 3.8) is 0 Å². The molecule has 248 valence electrons. The Balaban J connectivity index is 1.79. The molecule has 45 heavy (non-hydrogen) atoms. The van der Waals surface area contributed by atoms with Gasteiger partial charge in [-0.25, -0.2) is 8.78 Å².